The lowest BCUT2D eigenvalue weighted by molar-refractivity contribution is -0.0361. The van der Waals surface area contributed by atoms with E-state index in [0.29, 0.717) is 18.7 Å². The maximum absolute atomic E-state index is 12.6. The zero-order valence-corrected chi connectivity index (χ0v) is 15.8. The third-order valence-electron chi connectivity index (χ3n) is 5.73. The van der Waals surface area contributed by atoms with Crippen molar-refractivity contribution in [3.05, 3.63) is 35.4 Å². The van der Waals surface area contributed by atoms with Gasteiger partial charge < -0.3 is 21.1 Å². The fourth-order valence-corrected chi connectivity index (χ4v) is 4.16. The molecule has 7 heteroatoms. The molecular weight excluding hydrogens is 344 g/mol. The van der Waals surface area contributed by atoms with Gasteiger partial charge in [0.2, 0.25) is 0 Å². The maximum Gasteiger partial charge on any atom is 0.312 e. The van der Waals surface area contributed by atoms with Crippen LogP contribution in [0.3, 0.4) is 0 Å². The Kier molecular flexibility index (Phi) is 6.68. The molecule has 0 radical (unpaired) electrons. The number of primary amides is 1. The monoisotopic (exact) mass is 374 g/mol. The predicted octanol–water partition coefficient (Wildman–Crippen LogP) is 1.62. The third kappa shape index (κ3) is 5.20. The zero-order valence-electron chi connectivity index (χ0n) is 15.8. The number of carbonyl (C=O) groups excluding carboxylic acids is 2. The zero-order chi connectivity index (χ0) is 19.1. The Morgan fingerprint density at radius 2 is 1.70 bits per heavy atom. The number of benzene rings is 1. The van der Waals surface area contributed by atoms with Gasteiger partial charge in [0.15, 0.2) is 0 Å². The normalized spacial score (nSPS) is 20.0. The molecule has 1 aromatic carbocycles. The first kappa shape index (κ1) is 19.6. The van der Waals surface area contributed by atoms with Crippen LogP contribution in [-0.2, 0) is 11.3 Å². The molecule has 1 aromatic rings. The molecule has 1 saturated carbocycles. The van der Waals surface area contributed by atoms with Crippen LogP contribution in [0.4, 0.5) is 4.79 Å². The van der Waals surface area contributed by atoms with Gasteiger partial charge in [-0.3, -0.25) is 9.69 Å². The average Bonchev–Trinajstić information content (AvgIpc) is 2.72. The Bertz CT molecular complexity index is 635. The van der Waals surface area contributed by atoms with E-state index in [-0.39, 0.29) is 11.4 Å². The van der Waals surface area contributed by atoms with Crippen molar-refractivity contribution in [2.75, 3.05) is 32.8 Å². The van der Waals surface area contributed by atoms with Gasteiger partial charge in [-0.1, -0.05) is 31.4 Å². The van der Waals surface area contributed by atoms with Gasteiger partial charge >= 0.3 is 6.03 Å². The van der Waals surface area contributed by atoms with Crippen LogP contribution in [0, 0.1) is 0 Å². The van der Waals surface area contributed by atoms with E-state index in [1.807, 2.05) is 12.1 Å². The first-order valence-corrected chi connectivity index (χ1v) is 9.82. The number of rotatable bonds is 6. The van der Waals surface area contributed by atoms with Gasteiger partial charge in [0, 0.05) is 37.3 Å². The van der Waals surface area contributed by atoms with Crippen molar-refractivity contribution in [1.82, 2.24) is 15.5 Å². The molecule has 148 valence electrons. The van der Waals surface area contributed by atoms with E-state index < -0.39 is 6.03 Å². The highest BCUT2D eigenvalue weighted by atomic mass is 16.5. The second-order valence-corrected chi connectivity index (χ2v) is 7.48. The molecule has 0 bridgehead atoms. The molecule has 0 aromatic heterocycles. The van der Waals surface area contributed by atoms with E-state index in [1.54, 1.807) is 12.1 Å². The summed E-state index contributed by atoms with van der Waals surface area (Å²) in [4.78, 5) is 25.9. The molecule has 0 unspecified atom stereocenters. The van der Waals surface area contributed by atoms with Crippen molar-refractivity contribution in [1.29, 1.82) is 0 Å². The van der Waals surface area contributed by atoms with Crippen LogP contribution in [0.2, 0.25) is 0 Å². The summed E-state index contributed by atoms with van der Waals surface area (Å²) in [6.45, 7) is 4.47. The van der Waals surface area contributed by atoms with E-state index in [0.717, 1.165) is 44.7 Å². The summed E-state index contributed by atoms with van der Waals surface area (Å²) in [5.41, 5.74) is 6.67. The Balaban J connectivity index is 1.59. The molecule has 1 heterocycles. The summed E-state index contributed by atoms with van der Waals surface area (Å²) in [7, 11) is 0. The highest BCUT2D eigenvalue weighted by Crippen LogP contribution is 2.33. The van der Waals surface area contributed by atoms with Gasteiger partial charge in [0.05, 0.1) is 13.2 Å². The second-order valence-electron chi connectivity index (χ2n) is 7.48. The summed E-state index contributed by atoms with van der Waals surface area (Å²) in [5.74, 6) is -0.0531. The molecule has 2 fully saturated rings. The molecule has 1 saturated heterocycles. The van der Waals surface area contributed by atoms with Gasteiger partial charge in [0.1, 0.15) is 0 Å². The van der Waals surface area contributed by atoms with Crippen molar-refractivity contribution >= 4 is 11.9 Å². The first-order valence-electron chi connectivity index (χ1n) is 9.82. The van der Waals surface area contributed by atoms with Crippen LogP contribution >= 0.6 is 0 Å². The van der Waals surface area contributed by atoms with E-state index in [2.05, 4.69) is 15.5 Å². The molecule has 0 atom stereocenters. The number of nitrogens with zero attached hydrogens (tertiary/aromatic N) is 1. The number of nitrogens with one attached hydrogen (secondary N) is 2. The molecule has 4 N–H and O–H groups in total. The molecule has 1 aliphatic carbocycles. The van der Waals surface area contributed by atoms with Crippen molar-refractivity contribution in [3.8, 4) is 0 Å². The predicted molar refractivity (Wildman–Crippen MR) is 103 cm³/mol. The Morgan fingerprint density at radius 1 is 1.04 bits per heavy atom. The van der Waals surface area contributed by atoms with Crippen LogP contribution in [-0.4, -0.2) is 55.2 Å². The highest BCUT2D eigenvalue weighted by Gasteiger charge is 2.38. The lowest BCUT2D eigenvalue weighted by Gasteiger charge is -2.48. The van der Waals surface area contributed by atoms with Crippen molar-refractivity contribution in [2.45, 2.75) is 44.2 Å². The molecule has 3 amide bonds. The van der Waals surface area contributed by atoms with Crippen molar-refractivity contribution in [2.24, 2.45) is 5.73 Å². The second kappa shape index (κ2) is 9.19. The number of ether oxygens (including phenoxy) is 1. The smallest absolute Gasteiger partial charge is 0.312 e. The number of hydrogen-bond acceptors (Lipinski definition) is 4. The van der Waals surface area contributed by atoms with Gasteiger partial charge in [0.25, 0.3) is 5.91 Å². The molecule has 0 spiro atoms. The standard InChI is InChI=1S/C20H30N4O3/c21-19(26)22-14-16-4-6-17(7-5-16)18(25)23-15-20(8-2-1-3-9-20)24-10-12-27-13-11-24/h4-7H,1-3,8-15H2,(H,23,25)(H3,21,22,26). The van der Waals surface area contributed by atoms with E-state index in [1.165, 1.54) is 19.3 Å². The molecule has 7 nitrogen and oxygen atoms in total. The largest absolute Gasteiger partial charge is 0.379 e. The minimum atomic E-state index is -0.558. The SMILES string of the molecule is NC(=O)NCc1ccc(C(=O)NCC2(N3CCOCC3)CCCCC2)cc1. The van der Waals surface area contributed by atoms with Gasteiger partial charge in [-0.25, -0.2) is 4.79 Å². The van der Waals surface area contributed by atoms with E-state index >= 15 is 0 Å². The van der Waals surface area contributed by atoms with Crippen molar-refractivity contribution in [3.63, 3.8) is 0 Å². The Hall–Kier alpha value is -2.12. The van der Waals surface area contributed by atoms with Crippen molar-refractivity contribution < 1.29 is 14.3 Å². The first-order chi connectivity index (χ1) is 13.1. The molecule has 27 heavy (non-hydrogen) atoms. The summed E-state index contributed by atoms with van der Waals surface area (Å²) in [6, 6.07) is 6.69. The number of hydrogen-bond donors (Lipinski definition) is 3. The lowest BCUT2D eigenvalue weighted by atomic mass is 9.79. The number of nitrogens with two attached hydrogens (primary N) is 1. The van der Waals surface area contributed by atoms with Crippen LogP contribution < -0.4 is 16.4 Å². The fourth-order valence-electron chi connectivity index (χ4n) is 4.16. The van der Waals surface area contributed by atoms with E-state index in [4.69, 9.17) is 10.5 Å². The summed E-state index contributed by atoms with van der Waals surface area (Å²) in [5, 5.41) is 5.71. The number of morpholine rings is 1. The molecular formula is C20H30N4O3. The molecule has 1 aliphatic heterocycles. The van der Waals surface area contributed by atoms with Crippen LogP contribution in [0.15, 0.2) is 24.3 Å². The number of urea groups is 1. The van der Waals surface area contributed by atoms with Crippen LogP contribution in [0.5, 0.6) is 0 Å². The van der Waals surface area contributed by atoms with Crippen LogP contribution in [0.25, 0.3) is 0 Å². The van der Waals surface area contributed by atoms with Gasteiger partial charge in [-0.05, 0) is 30.5 Å². The average molecular weight is 374 g/mol. The Labute approximate surface area is 160 Å². The van der Waals surface area contributed by atoms with E-state index in [9.17, 15) is 9.59 Å². The summed E-state index contributed by atoms with van der Waals surface area (Å²) >= 11 is 0. The fraction of sp³-hybridized carbons (Fsp3) is 0.600. The minimum absolute atomic E-state index is 0.0531. The van der Waals surface area contributed by atoms with Gasteiger partial charge in [-0.15, -0.1) is 0 Å². The van der Waals surface area contributed by atoms with Crippen LogP contribution in [0.1, 0.15) is 48.0 Å². The third-order valence-corrected chi connectivity index (χ3v) is 5.73. The molecule has 3 rings (SSSR count). The maximum atomic E-state index is 12.6. The highest BCUT2D eigenvalue weighted by molar-refractivity contribution is 5.94. The topological polar surface area (TPSA) is 96.7 Å². The molecule has 2 aliphatic rings. The minimum Gasteiger partial charge on any atom is -0.379 e. The lowest BCUT2D eigenvalue weighted by Crippen LogP contribution is -2.59. The Morgan fingerprint density at radius 3 is 2.33 bits per heavy atom. The van der Waals surface area contributed by atoms with Gasteiger partial charge in [-0.2, -0.15) is 0 Å². The number of amides is 3. The summed E-state index contributed by atoms with van der Waals surface area (Å²) in [6.07, 6.45) is 5.97. The number of carbonyl (C=O) groups is 2. The quantitative estimate of drug-likeness (QED) is 0.705. The summed E-state index contributed by atoms with van der Waals surface area (Å²) < 4.78 is 5.51.